The van der Waals surface area contributed by atoms with Crippen LogP contribution in [0.4, 0.5) is 13.2 Å². The van der Waals surface area contributed by atoms with Crippen LogP contribution in [0.3, 0.4) is 0 Å². The summed E-state index contributed by atoms with van der Waals surface area (Å²) in [5.74, 6) is -4.52. The number of rotatable bonds is 8. The second-order valence-electron chi connectivity index (χ2n) is 8.81. The molecule has 0 aromatic heterocycles. The lowest BCUT2D eigenvalue weighted by Crippen LogP contribution is -2.69. The number of likely N-dealkylation sites (tertiary alicyclic amines) is 1. The summed E-state index contributed by atoms with van der Waals surface area (Å²) in [6, 6.07) is 16.3. The monoisotopic (exact) mass is 578 g/mol. The molecule has 0 aliphatic carbocycles. The van der Waals surface area contributed by atoms with Gasteiger partial charge in [-0.2, -0.15) is 17.6 Å². The van der Waals surface area contributed by atoms with Gasteiger partial charge in [0.2, 0.25) is 5.79 Å². The molecule has 2 atom stereocenters. The first-order chi connectivity index (χ1) is 17.5. The first-order valence-corrected chi connectivity index (χ1v) is 14.3. The van der Waals surface area contributed by atoms with E-state index >= 15 is 0 Å². The second-order valence-corrected chi connectivity index (χ2v) is 11.9. The number of carbonyl (C=O) groups is 1. The van der Waals surface area contributed by atoms with Crippen LogP contribution in [0.25, 0.3) is 0 Å². The lowest BCUT2D eigenvalue weighted by Gasteiger charge is -2.48. The minimum Gasteiger partial charge on any atom is -0.342 e. The van der Waals surface area contributed by atoms with Gasteiger partial charge in [0.1, 0.15) is 0 Å². The number of nitrogens with zero attached hydrogens (tertiary/aromatic N) is 4. The maximum atomic E-state index is 13.7. The van der Waals surface area contributed by atoms with E-state index < -0.39 is 28.0 Å². The predicted molar refractivity (Wildman–Crippen MR) is 133 cm³/mol. The van der Waals surface area contributed by atoms with Crippen LogP contribution in [0.5, 0.6) is 0 Å². The van der Waals surface area contributed by atoms with Crippen molar-refractivity contribution in [2.24, 2.45) is 0 Å². The van der Waals surface area contributed by atoms with E-state index in [2.05, 4.69) is 9.74 Å². The highest BCUT2D eigenvalue weighted by atomic mass is 35.5. The summed E-state index contributed by atoms with van der Waals surface area (Å²) < 4.78 is 68.5. The SMILES string of the molecule is CN(C1CCN(Cc2ccccc2)C1)[C@]1(N(OC(=O)C(F)(F)F)S(=O)(=O)c2ccccc2)CSCN1Cl. The van der Waals surface area contributed by atoms with Gasteiger partial charge < -0.3 is 4.84 Å². The molecule has 2 fully saturated rings. The van der Waals surface area contributed by atoms with E-state index in [0.29, 0.717) is 26.1 Å². The Morgan fingerprint density at radius 2 is 1.78 bits per heavy atom. The van der Waals surface area contributed by atoms with Gasteiger partial charge >= 0.3 is 12.1 Å². The second kappa shape index (κ2) is 11.1. The molecule has 0 saturated carbocycles. The van der Waals surface area contributed by atoms with Gasteiger partial charge in [-0.05, 0) is 42.9 Å². The van der Waals surface area contributed by atoms with Crippen molar-refractivity contribution in [3.63, 3.8) is 0 Å². The van der Waals surface area contributed by atoms with Crippen LogP contribution in [0.2, 0.25) is 0 Å². The van der Waals surface area contributed by atoms with Crippen LogP contribution < -0.4 is 0 Å². The summed E-state index contributed by atoms with van der Waals surface area (Å²) in [6.07, 6.45) is -4.82. The Morgan fingerprint density at radius 1 is 1.16 bits per heavy atom. The molecule has 0 N–H and O–H groups in total. The average Bonchev–Trinajstić information content (AvgIpc) is 3.49. The molecule has 4 rings (SSSR count). The molecule has 2 heterocycles. The van der Waals surface area contributed by atoms with E-state index in [0.717, 1.165) is 9.98 Å². The smallest absolute Gasteiger partial charge is 0.342 e. The third-order valence-electron chi connectivity index (χ3n) is 6.45. The van der Waals surface area contributed by atoms with Crippen molar-refractivity contribution in [1.82, 2.24) is 18.7 Å². The van der Waals surface area contributed by atoms with Crippen molar-refractivity contribution in [3.8, 4) is 0 Å². The van der Waals surface area contributed by atoms with Gasteiger partial charge in [-0.15, -0.1) is 11.8 Å². The molecule has 1 unspecified atom stereocenters. The van der Waals surface area contributed by atoms with Gasteiger partial charge in [-0.3, -0.25) is 9.80 Å². The average molecular weight is 579 g/mol. The summed E-state index contributed by atoms with van der Waals surface area (Å²) in [7, 11) is -3.18. The Morgan fingerprint density at radius 3 is 2.35 bits per heavy atom. The third kappa shape index (κ3) is 5.77. The van der Waals surface area contributed by atoms with E-state index in [4.69, 9.17) is 11.8 Å². The first kappa shape index (κ1) is 28.1. The Bertz CT molecular complexity index is 1190. The molecule has 202 valence electrons. The van der Waals surface area contributed by atoms with Crippen LogP contribution in [0.1, 0.15) is 12.0 Å². The third-order valence-corrected chi connectivity index (χ3v) is 9.68. The maximum Gasteiger partial charge on any atom is 0.492 e. The Hall–Kier alpha value is -1.87. The minimum absolute atomic E-state index is 0.0562. The molecule has 2 aromatic rings. The Balaban J connectivity index is 1.70. The highest BCUT2D eigenvalue weighted by Gasteiger charge is 2.60. The molecule has 0 bridgehead atoms. The number of halogens is 4. The lowest BCUT2D eigenvalue weighted by molar-refractivity contribution is -0.259. The Labute approximate surface area is 223 Å². The van der Waals surface area contributed by atoms with E-state index in [9.17, 15) is 26.4 Å². The highest BCUT2D eigenvalue weighted by molar-refractivity contribution is 7.99. The molecule has 2 aliphatic rings. The zero-order valence-electron chi connectivity index (χ0n) is 19.8. The molecule has 2 saturated heterocycles. The van der Waals surface area contributed by atoms with Crippen molar-refractivity contribution in [1.29, 1.82) is 0 Å². The predicted octanol–water partition coefficient (Wildman–Crippen LogP) is 3.72. The van der Waals surface area contributed by atoms with Crippen molar-refractivity contribution in [2.75, 3.05) is 31.8 Å². The van der Waals surface area contributed by atoms with E-state index in [1.54, 1.807) is 18.0 Å². The minimum atomic E-state index is -5.42. The summed E-state index contributed by atoms with van der Waals surface area (Å²) in [6.45, 7) is 1.85. The summed E-state index contributed by atoms with van der Waals surface area (Å²) >= 11 is 7.75. The maximum absolute atomic E-state index is 13.7. The van der Waals surface area contributed by atoms with E-state index in [1.807, 2.05) is 30.3 Å². The molecular formula is C23H26ClF3N4O4S2. The van der Waals surface area contributed by atoms with Crippen molar-refractivity contribution < 1.29 is 31.2 Å². The van der Waals surface area contributed by atoms with Gasteiger partial charge in [-0.1, -0.05) is 48.5 Å². The summed E-state index contributed by atoms with van der Waals surface area (Å²) in [4.78, 5) is 20.1. The van der Waals surface area contributed by atoms with Crippen molar-refractivity contribution in [3.05, 3.63) is 66.2 Å². The first-order valence-electron chi connectivity index (χ1n) is 11.4. The number of carbonyl (C=O) groups excluding carboxylic acids is 1. The van der Waals surface area contributed by atoms with Gasteiger partial charge in [0.25, 0.3) is 10.0 Å². The molecular weight excluding hydrogens is 553 g/mol. The summed E-state index contributed by atoms with van der Waals surface area (Å²) in [5, 5.41) is 0. The largest absolute Gasteiger partial charge is 0.492 e. The fourth-order valence-corrected chi connectivity index (χ4v) is 7.91. The number of hydroxylamine groups is 1. The van der Waals surface area contributed by atoms with Crippen LogP contribution in [0, 0.1) is 0 Å². The molecule has 37 heavy (non-hydrogen) atoms. The fourth-order valence-electron chi connectivity index (χ4n) is 4.52. The number of likely N-dealkylation sites (N-methyl/N-ethyl adjacent to an activating group) is 1. The fraction of sp³-hybridized carbons (Fsp3) is 0.435. The van der Waals surface area contributed by atoms with Gasteiger partial charge in [0.15, 0.2) is 0 Å². The van der Waals surface area contributed by atoms with Crippen LogP contribution in [-0.2, 0) is 26.2 Å². The number of hydrogen-bond acceptors (Lipinski definition) is 8. The van der Waals surface area contributed by atoms with Crippen LogP contribution in [0.15, 0.2) is 65.6 Å². The topological polar surface area (TPSA) is 73.4 Å². The highest BCUT2D eigenvalue weighted by Crippen LogP contribution is 2.43. The number of thioether (sulfide) groups is 1. The Kier molecular flexibility index (Phi) is 8.43. The molecule has 0 radical (unpaired) electrons. The van der Waals surface area contributed by atoms with Gasteiger partial charge in [0, 0.05) is 35.9 Å². The number of sulfonamides is 1. The molecule has 8 nitrogen and oxygen atoms in total. The quantitative estimate of drug-likeness (QED) is 0.267. The molecule has 2 aliphatic heterocycles. The van der Waals surface area contributed by atoms with Crippen molar-refractivity contribution in [2.45, 2.75) is 35.9 Å². The van der Waals surface area contributed by atoms with E-state index in [-0.39, 0.29) is 27.0 Å². The van der Waals surface area contributed by atoms with Gasteiger partial charge in [-0.25, -0.2) is 13.2 Å². The molecule has 0 amide bonds. The molecule has 2 aromatic carbocycles. The summed E-state index contributed by atoms with van der Waals surface area (Å²) in [5.41, 5.74) is 1.10. The zero-order valence-corrected chi connectivity index (χ0v) is 22.2. The molecule has 0 spiro atoms. The zero-order chi connectivity index (χ0) is 26.8. The lowest BCUT2D eigenvalue weighted by atomic mass is 10.2. The standard InChI is InChI=1S/C23H26ClF3N4O4S2/c1-28(19-12-13-29(15-19)14-18-8-4-2-5-9-18)22(16-36-17-30(22)24)31(35-21(32)23(25,26)27)37(33,34)20-10-6-3-7-11-20/h2-11,19H,12-17H2,1H3/t19?,22-/m1/s1. The normalized spacial score (nSPS) is 23.7. The number of hydrogen-bond donors (Lipinski definition) is 0. The van der Waals surface area contributed by atoms with Crippen molar-refractivity contribution >= 4 is 39.5 Å². The number of benzene rings is 2. The van der Waals surface area contributed by atoms with E-state index in [1.165, 1.54) is 36.0 Å². The van der Waals surface area contributed by atoms with Gasteiger partial charge in [0.05, 0.1) is 10.8 Å². The number of alkyl halides is 3. The molecule has 14 heteroatoms. The van der Waals surface area contributed by atoms with Crippen LogP contribution >= 0.6 is 23.5 Å². The van der Waals surface area contributed by atoms with Crippen LogP contribution in [-0.4, -0.2) is 82.8 Å².